The number of carbonyl (C=O) groups is 2. The van der Waals surface area contributed by atoms with Crippen molar-refractivity contribution in [2.45, 2.75) is 102 Å². The highest BCUT2D eigenvalue weighted by Gasteiger charge is 2.44. The number of anilines is 2. The zero-order chi connectivity index (χ0) is 40.5. The summed E-state index contributed by atoms with van der Waals surface area (Å²) >= 11 is 0. The molecule has 9 heteroatoms. The van der Waals surface area contributed by atoms with Crippen molar-refractivity contribution in [3.05, 3.63) is 101 Å². The number of ether oxygens (including phenoxy) is 4. The molecule has 0 amide bonds. The fourth-order valence-electron chi connectivity index (χ4n) is 8.89. The molecule has 302 valence electrons. The molecule has 0 aromatic heterocycles. The highest BCUT2D eigenvalue weighted by atomic mass is 16.5. The molecule has 3 aliphatic rings. The van der Waals surface area contributed by atoms with Gasteiger partial charge in [-0.25, -0.2) is 0 Å². The Kier molecular flexibility index (Phi) is 11.3. The molecule has 4 aromatic carbocycles. The molecule has 3 aliphatic heterocycles. The Hall–Kier alpha value is -5.02. The number of rotatable bonds is 12. The Morgan fingerprint density at radius 1 is 0.842 bits per heavy atom. The molecule has 1 atom stereocenters. The largest absolute Gasteiger partial charge is 0.496 e. The summed E-state index contributed by atoms with van der Waals surface area (Å²) in [5, 5.41) is 2.04. The zero-order valence-corrected chi connectivity index (χ0v) is 35.0. The van der Waals surface area contributed by atoms with E-state index < -0.39 is 5.60 Å². The lowest BCUT2D eigenvalue weighted by atomic mass is 9.79. The highest BCUT2D eigenvalue weighted by molar-refractivity contribution is 5.97. The molecule has 57 heavy (non-hydrogen) atoms. The number of nitrogens with zero attached hydrogens (tertiary/aromatic N) is 3. The van der Waals surface area contributed by atoms with Crippen molar-refractivity contribution in [1.82, 2.24) is 4.90 Å². The summed E-state index contributed by atoms with van der Waals surface area (Å²) in [6.45, 7) is 11.0. The first-order valence-electron chi connectivity index (χ1n) is 20.4. The predicted molar refractivity (Wildman–Crippen MR) is 228 cm³/mol. The Labute approximate surface area is 338 Å². The average Bonchev–Trinajstić information content (AvgIpc) is 3.74. The number of hydrogen-bond donors (Lipinski definition) is 0. The molecule has 9 nitrogen and oxygen atoms in total. The Morgan fingerprint density at radius 3 is 2.11 bits per heavy atom. The van der Waals surface area contributed by atoms with Crippen LogP contribution in [0.2, 0.25) is 0 Å². The van der Waals surface area contributed by atoms with Crippen LogP contribution in [0.25, 0.3) is 16.8 Å². The first-order chi connectivity index (χ1) is 27.2. The summed E-state index contributed by atoms with van der Waals surface area (Å²) in [5.41, 5.74) is 4.93. The Morgan fingerprint density at radius 2 is 1.47 bits per heavy atom. The zero-order valence-electron chi connectivity index (χ0n) is 35.0. The maximum Gasteiger partial charge on any atom is 0.306 e. The first kappa shape index (κ1) is 40.2. The monoisotopic (exact) mass is 773 g/mol. The van der Waals surface area contributed by atoms with Crippen LogP contribution < -0.4 is 19.3 Å². The number of piperidine rings is 1. The van der Waals surface area contributed by atoms with Gasteiger partial charge in [0.15, 0.2) is 5.60 Å². The summed E-state index contributed by atoms with van der Waals surface area (Å²) < 4.78 is 24.7. The van der Waals surface area contributed by atoms with E-state index in [9.17, 15) is 9.59 Å². The number of fused-ring (bicyclic) bond motifs is 3. The third kappa shape index (κ3) is 8.36. The van der Waals surface area contributed by atoms with Crippen molar-refractivity contribution >= 4 is 40.2 Å². The molecule has 2 fully saturated rings. The normalized spacial score (nSPS) is 20.2. The van der Waals surface area contributed by atoms with Crippen molar-refractivity contribution in [1.29, 1.82) is 0 Å². The molecular formula is C48H59N3O6. The molecule has 4 aromatic rings. The van der Waals surface area contributed by atoms with Crippen molar-refractivity contribution in [3.8, 4) is 11.5 Å². The maximum atomic E-state index is 12.8. The summed E-state index contributed by atoms with van der Waals surface area (Å²) in [5.74, 6) is 0.922. The first-order valence-corrected chi connectivity index (χ1v) is 20.4. The third-order valence-corrected chi connectivity index (χ3v) is 12.4. The Bertz CT molecular complexity index is 2100. The third-order valence-electron chi connectivity index (χ3n) is 12.4. The van der Waals surface area contributed by atoms with Gasteiger partial charge in [-0.15, -0.1) is 0 Å². The second-order valence-electron chi connectivity index (χ2n) is 17.4. The van der Waals surface area contributed by atoms with Gasteiger partial charge in [0.1, 0.15) is 24.2 Å². The summed E-state index contributed by atoms with van der Waals surface area (Å²) in [6, 6.07) is 25.3. The number of carbonyl (C=O) groups excluding carboxylic acids is 2. The minimum atomic E-state index is -0.938. The SMILES string of the molecule is COc1cc2ccc(N(C)C)cc2c2c1C=CC(c1ccc(COC(=O)CCCC(=O)OC3CC(C)(C)N(C)C(C)(C)C3)cc1)(c1ccc(N3CCCC3)cc1)O2. The van der Waals surface area contributed by atoms with Gasteiger partial charge in [-0.05, 0) is 107 Å². The van der Waals surface area contributed by atoms with Crippen LogP contribution in [0.4, 0.5) is 11.4 Å². The van der Waals surface area contributed by atoms with Crippen molar-refractivity contribution in [2.24, 2.45) is 0 Å². The molecule has 2 saturated heterocycles. The van der Waals surface area contributed by atoms with Gasteiger partial charge >= 0.3 is 11.9 Å². The van der Waals surface area contributed by atoms with Crippen LogP contribution in [0.15, 0.2) is 78.9 Å². The van der Waals surface area contributed by atoms with Crippen LogP contribution in [0.5, 0.6) is 11.5 Å². The number of methoxy groups -OCH3 is 1. The molecule has 0 radical (unpaired) electrons. The van der Waals surface area contributed by atoms with Crippen LogP contribution in [0, 0.1) is 0 Å². The number of likely N-dealkylation sites (tertiary alicyclic amines) is 1. The number of benzene rings is 4. The van der Waals surface area contributed by atoms with E-state index in [0.717, 1.165) is 76.1 Å². The van der Waals surface area contributed by atoms with Crippen LogP contribution >= 0.6 is 0 Å². The van der Waals surface area contributed by atoms with Crippen molar-refractivity contribution in [2.75, 3.05) is 51.1 Å². The Balaban J connectivity index is 1.06. The lowest BCUT2D eigenvalue weighted by Gasteiger charge is -2.53. The van der Waals surface area contributed by atoms with E-state index in [2.05, 4.69) is 122 Å². The topological polar surface area (TPSA) is 80.8 Å². The molecular weight excluding hydrogens is 715 g/mol. The van der Waals surface area contributed by atoms with E-state index in [-0.39, 0.29) is 48.6 Å². The van der Waals surface area contributed by atoms with Gasteiger partial charge < -0.3 is 28.7 Å². The van der Waals surface area contributed by atoms with Gasteiger partial charge in [-0.2, -0.15) is 0 Å². The van der Waals surface area contributed by atoms with E-state index in [0.29, 0.717) is 6.42 Å². The van der Waals surface area contributed by atoms with E-state index in [1.54, 1.807) is 7.11 Å². The van der Waals surface area contributed by atoms with Gasteiger partial charge in [0.2, 0.25) is 0 Å². The van der Waals surface area contributed by atoms with Gasteiger partial charge in [-0.3, -0.25) is 14.5 Å². The van der Waals surface area contributed by atoms with Crippen LogP contribution in [-0.4, -0.2) is 75.4 Å². The van der Waals surface area contributed by atoms with E-state index in [1.165, 1.54) is 18.5 Å². The fraction of sp³-hybridized carbons (Fsp3) is 0.458. The lowest BCUT2D eigenvalue weighted by Crippen LogP contribution is -2.60. The molecule has 1 unspecified atom stereocenters. The lowest BCUT2D eigenvalue weighted by molar-refractivity contribution is -0.159. The van der Waals surface area contributed by atoms with E-state index >= 15 is 0 Å². The number of hydrogen-bond acceptors (Lipinski definition) is 9. The molecule has 0 N–H and O–H groups in total. The second-order valence-corrected chi connectivity index (χ2v) is 17.4. The molecule has 3 heterocycles. The molecule has 7 rings (SSSR count). The van der Waals surface area contributed by atoms with Crippen LogP contribution in [0.3, 0.4) is 0 Å². The summed E-state index contributed by atoms with van der Waals surface area (Å²) in [7, 11) is 7.90. The summed E-state index contributed by atoms with van der Waals surface area (Å²) in [4.78, 5) is 32.4. The van der Waals surface area contributed by atoms with Gasteiger partial charge in [0.05, 0.1) is 12.7 Å². The average molecular weight is 774 g/mol. The quantitative estimate of drug-likeness (QED) is 0.131. The fourth-order valence-corrected chi connectivity index (χ4v) is 8.89. The molecule has 0 bridgehead atoms. The van der Waals surface area contributed by atoms with Crippen LogP contribution in [0.1, 0.15) is 94.9 Å². The number of esters is 2. The molecule has 0 aliphatic carbocycles. The standard InChI is InChI=1S/C48H59N3O6/c1-46(2)30-39(31-47(3,4)50(46)7)56-44(53)13-11-12-43(52)55-32-33-14-17-35(18-15-33)48(36-19-22-37(23-20-36)51-26-9-10-27-51)25-24-40-42(54-8)28-34-16-21-38(49(5)6)29-41(34)45(40)57-48/h14-25,28-29,39H,9-13,26-27,30-32H2,1-8H3. The van der Waals surface area contributed by atoms with Gasteiger partial charge in [-0.1, -0.05) is 42.5 Å². The van der Waals surface area contributed by atoms with Crippen molar-refractivity contribution in [3.63, 3.8) is 0 Å². The second kappa shape index (κ2) is 16.1. The smallest absolute Gasteiger partial charge is 0.306 e. The van der Waals surface area contributed by atoms with E-state index in [4.69, 9.17) is 18.9 Å². The van der Waals surface area contributed by atoms with Gasteiger partial charge in [0.25, 0.3) is 0 Å². The maximum absolute atomic E-state index is 12.8. The molecule has 0 saturated carbocycles. The van der Waals surface area contributed by atoms with Crippen molar-refractivity contribution < 1.29 is 28.5 Å². The minimum absolute atomic E-state index is 0.0705. The van der Waals surface area contributed by atoms with E-state index in [1.807, 2.05) is 26.2 Å². The highest BCUT2D eigenvalue weighted by Crippen LogP contribution is 2.49. The minimum Gasteiger partial charge on any atom is -0.496 e. The van der Waals surface area contributed by atoms with Gasteiger partial charge in [0, 0.05) is 91.8 Å². The predicted octanol–water partition coefficient (Wildman–Crippen LogP) is 9.27. The summed E-state index contributed by atoms with van der Waals surface area (Å²) in [6.07, 6.45) is 8.82. The van der Waals surface area contributed by atoms with Crippen LogP contribution in [-0.2, 0) is 31.3 Å². The molecule has 0 spiro atoms.